The predicted octanol–water partition coefficient (Wildman–Crippen LogP) is 1.48. The molecule has 1 aliphatic heterocycles. The minimum absolute atomic E-state index is 1.05. The summed E-state index contributed by atoms with van der Waals surface area (Å²) in [5.41, 5.74) is 0. The molecule has 0 saturated heterocycles. The number of unbranched alkanes of at least 4 members (excludes halogenated alkanes) is 1. The van der Waals surface area contributed by atoms with E-state index in [1.165, 1.54) is 12.8 Å². The molecule has 0 saturated carbocycles. The fraction of sp³-hybridized carbons (Fsp3) is 0.571. The zero-order valence-corrected chi connectivity index (χ0v) is 5.67. The van der Waals surface area contributed by atoms with Crippen LogP contribution >= 0.6 is 0 Å². The van der Waals surface area contributed by atoms with Gasteiger partial charge in [-0.3, -0.25) is 0 Å². The zero-order chi connectivity index (χ0) is 6.53. The summed E-state index contributed by atoms with van der Waals surface area (Å²) in [4.78, 5) is 5.79. The first-order valence-corrected chi connectivity index (χ1v) is 3.32. The Morgan fingerprint density at radius 3 is 3.11 bits per heavy atom. The van der Waals surface area contributed by atoms with Crippen molar-refractivity contribution >= 4 is 6.34 Å². The van der Waals surface area contributed by atoms with Gasteiger partial charge in [0.1, 0.15) is 0 Å². The molecular weight excluding hydrogens is 112 g/mol. The van der Waals surface area contributed by atoms with E-state index < -0.39 is 0 Å². The second-order valence-corrected chi connectivity index (χ2v) is 2.07. The third-order valence-electron chi connectivity index (χ3n) is 1.26. The molecule has 0 aromatic heterocycles. The molecule has 2 heteroatoms. The molecule has 0 spiro atoms. The van der Waals surface area contributed by atoms with Crippen LogP contribution in [0.25, 0.3) is 0 Å². The van der Waals surface area contributed by atoms with Gasteiger partial charge in [0.05, 0.1) is 6.54 Å². The Hall–Kier alpha value is -0.880. The highest BCUT2D eigenvalue weighted by molar-refractivity contribution is 5.59. The normalized spacial score (nSPS) is 14.6. The number of aliphatic imine (C=N–C) groups is 1. The first-order valence-electron chi connectivity index (χ1n) is 3.32. The van der Waals surface area contributed by atoms with Crippen molar-refractivity contribution in [2.45, 2.75) is 19.8 Å². The molecule has 0 atom stereocenters. The summed E-state index contributed by atoms with van der Waals surface area (Å²) < 4.78 is 0. The van der Waals surface area contributed by atoms with Gasteiger partial charge in [0.15, 0.2) is 6.20 Å². The Balaban J connectivity index is 2.13. The van der Waals surface area contributed by atoms with Gasteiger partial charge in [-0.1, -0.05) is 13.3 Å². The summed E-state index contributed by atoms with van der Waals surface area (Å²) >= 11 is 0. The standard InChI is InChI=1S/C7H11N2/c1-2-3-5-9-6-4-8-7-9/h4,6H,2-3,5H2,1H3/q+1. The van der Waals surface area contributed by atoms with Gasteiger partial charge >= 0.3 is 0 Å². The highest BCUT2D eigenvalue weighted by Gasteiger charge is 2.07. The maximum atomic E-state index is 3.81. The summed E-state index contributed by atoms with van der Waals surface area (Å²) in [6, 6.07) is 0. The smallest absolute Gasteiger partial charge is 0.173 e. The summed E-state index contributed by atoms with van der Waals surface area (Å²) in [6.45, 7) is 3.23. The number of rotatable bonds is 3. The topological polar surface area (TPSA) is 15.6 Å². The summed E-state index contributed by atoms with van der Waals surface area (Å²) in [6.07, 6.45) is 8.98. The van der Waals surface area contributed by atoms with E-state index >= 15 is 0 Å². The minimum atomic E-state index is 1.05. The van der Waals surface area contributed by atoms with Crippen molar-refractivity contribution in [2.24, 2.45) is 4.99 Å². The van der Waals surface area contributed by atoms with Crippen LogP contribution < -0.4 is 0 Å². The maximum Gasteiger partial charge on any atom is 0.255 e. The van der Waals surface area contributed by atoms with Crippen molar-refractivity contribution in [2.75, 3.05) is 6.54 Å². The Kier molecular flexibility index (Phi) is 2.22. The second-order valence-electron chi connectivity index (χ2n) is 2.07. The lowest BCUT2D eigenvalue weighted by Crippen LogP contribution is -2.12. The molecule has 9 heavy (non-hydrogen) atoms. The largest absolute Gasteiger partial charge is 0.255 e. The summed E-state index contributed by atoms with van der Waals surface area (Å²) in [5, 5.41) is 0. The molecule has 1 rings (SSSR count). The molecule has 0 N–H and O–H groups in total. The van der Waals surface area contributed by atoms with Crippen molar-refractivity contribution in [3.8, 4) is 0 Å². The first kappa shape index (κ1) is 6.24. The third-order valence-corrected chi connectivity index (χ3v) is 1.26. The van der Waals surface area contributed by atoms with E-state index in [0.717, 1.165) is 6.54 Å². The quantitative estimate of drug-likeness (QED) is 0.519. The highest BCUT2D eigenvalue weighted by atomic mass is 15.2. The number of hydrogen-bond acceptors (Lipinski definition) is 2. The molecule has 0 unspecified atom stereocenters. The van der Waals surface area contributed by atoms with Crippen molar-refractivity contribution in [1.82, 2.24) is 4.90 Å². The Morgan fingerprint density at radius 2 is 2.56 bits per heavy atom. The molecule has 1 heterocycles. The van der Waals surface area contributed by atoms with Gasteiger partial charge in [-0.05, 0) is 11.4 Å². The average Bonchev–Trinajstić information content (AvgIpc) is 2.34. The summed E-state index contributed by atoms with van der Waals surface area (Å²) in [5.74, 6) is 0. The van der Waals surface area contributed by atoms with Crippen LogP contribution in [-0.2, 0) is 0 Å². The molecular formula is C7H11N2+. The van der Waals surface area contributed by atoms with Crippen molar-refractivity contribution in [1.29, 1.82) is 0 Å². The highest BCUT2D eigenvalue weighted by Crippen LogP contribution is 1.97. The van der Waals surface area contributed by atoms with Crippen molar-refractivity contribution < 1.29 is 0 Å². The Morgan fingerprint density at radius 1 is 1.67 bits per heavy atom. The monoisotopic (exact) mass is 123 g/mol. The van der Waals surface area contributed by atoms with Gasteiger partial charge in [0, 0.05) is 0 Å². The molecule has 0 aromatic carbocycles. The van der Waals surface area contributed by atoms with Gasteiger partial charge in [-0.2, -0.15) is 4.90 Å². The molecule has 1 aliphatic rings. The zero-order valence-electron chi connectivity index (χ0n) is 5.67. The van der Waals surface area contributed by atoms with Crippen LogP contribution in [0.15, 0.2) is 17.4 Å². The van der Waals surface area contributed by atoms with E-state index in [0.29, 0.717) is 0 Å². The minimum Gasteiger partial charge on any atom is -0.173 e. The van der Waals surface area contributed by atoms with E-state index in [1.807, 2.05) is 11.1 Å². The first-order chi connectivity index (χ1) is 4.43. The van der Waals surface area contributed by atoms with E-state index in [4.69, 9.17) is 0 Å². The van der Waals surface area contributed by atoms with Crippen LogP contribution in [0.2, 0.25) is 0 Å². The molecule has 0 amide bonds. The Bertz CT molecular complexity index is 115. The maximum absolute atomic E-state index is 3.81. The van der Waals surface area contributed by atoms with Crippen LogP contribution in [-0.4, -0.2) is 17.8 Å². The fourth-order valence-corrected chi connectivity index (χ4v) is 0.708. The molecule has 2 nitrogen and oxygen atoms in total. The SMILES string of the molecule is CCCCN1[C+]=NC=C1. The van der Waals surface area contributed by atoms with Gasteiger partial charge < -0.3 is 0 Å². The van der Waals surface area contributed by atoms with Gasteiger partial charge in [0.2, 0.25) is 6.20 Å². The van der Waals surface area contributed by atoms with Crippen LogP contribution in [0.5, 0.6) is 0 Å². The number of nitrogens with zero attached hydrogens (tertiary/aromatic N) is 2. The van der Waals surface area contributed by atoms with Gasteiger partial charge in [-0.25, -0.2) is 0 Å². The van der Waals surface area contributed by atoms with Crippen molar-refractivity contribution in [3.63, 3.8) is 0 Å². The van der Waals surface area contributed by atoms with Crippen LogP contribution in [0.1, 0.15) is 19.8 Å². The van der Waals surface area contributed by atoms with E-state index in [9.17, 15) is 0 Å². The van der Waals surface area contributed by atoms with E-state index in [-0.39, 0.29) is 0 Å². The molecule has 0 fully saturated rings. The Labute approximate surface area is 55.9 Å². The molecule has 0 radical (unpaired) electrons. The number of hydrogen-bond donors (Lipinski definition) is 0. The lowest BCUT2D eigenvalue weighted by atomic mass is 10.3. The van der Waals surface area contributed by atoms with Crippen LogP contribution in [0.4, 0.5) is 0 Å². The molecule has 0 aliphatic carbocycles. The predicted molar refractivity (Wildman–Crippen MR) is 38.2 cm³/mol. The van der Waals surface area contributed by atoms with Crippen molar-refractivity contribution in [3.05, 3.63) is 12.4 Å². The van der Waals surface area contributed by atoms with E-state index in [2.05, 4.69) is 18.3 Å². The van der Waals surface area contributed by atoms with Crippen LogP contribution in [0.3, 0.4) is 0 Å². The fourth-order valence-electron chi connectivity index (χ4n) is 0.708. The van der Waals surface area contributed by atoms with Crippen LogP contribution in [0, 0.1) is 0 Å². The molecule has 48 valence electrons. The third kappa shape index (κ3) is 1.82. The molecule has 0 aromatic rings. The van der Waals surface area contributed by atoms with Gasteiger partial charge in [-0.15, -0.1) is 0 Å². The lowest BCUT2D eigenvalue weighted by molar-refractivity contribution is 0.548. The van der Waals surface area contributed by atoms with Gasteiger partial charge in [0.25, 0.3) is 6.34 Å². The molecule has 0 bridgehead atoms. The average molecular weight is 123 g/mol. The summed E-state index contributed by atoms with van der Waals surface area (Å²) in [7, 11) is 0. The van der Waals surface area contributed by atoms with E-state index in [1.54, 1.807) is 6.20 Å². The second kappa shape index (κ2) is 3.21. The lowest BCUT2D eigenvalue weighted by Gasteiger charge is -1.98.